The maximum Gasteiger partial charge on any atom is 0.137 e. The van der Waals surface area contributed by atoms with E-state index in [-0.39, 0.29) is 0 Å². The van der Waals surface area contributed by atoms with E-state index < -0.39 is 0 Å². The Kier molecular flexibility index (Phi) is 3.64. The molecule has 1 heterocycles. The Morgan fingerprint density at radius 2 is 2.18 bits per heavy atom. The molecule has 17 heavy (non-hydrogen) atoms. The van der Waals surface area contributed by atoms with Crippen LogP contribution in [0.3, 0.4) is 0 Å². The van der Waals surface area contributed by atoms with E-state index in [9.17, 15) is 0 Å². The van der Waals surface area contributed by atoms with E-state index in [2.05, 4.69) is 5.16 Å². The number of nitrogen functional groups attached to an aromatic ring is 1. The summed E-state index contributed by atoms with van der Waals surface area (Å²) in [5, 5.41) is 4.64. The molecule has 2 rings (SSSR count). The summed E-state index contributed by atoms with van der Waals surface area (Å²) in [6.45, 7) is 3.85. The highest BCUT2D eigenvalue weighted by atomic mass is 35.5. The SMILES string of the molecule is Cc1noc(C)c1CSc1cc(N)ccc1Cl. The molecule has 0 fully saturated rings. The average Bonchev–Trinajstić information content (AvgIpc) is 2.61. The number of hydrogen-bond donors (Lipinski definition) is 1. The van der Waals surface area contributed by atoms with Gasteiger partial charge in [0.2, 0.25) is 0 Å². The summed E-state index contributed by atoms with van der Waals surface area (Å²) in [4.78, 5) is 0.978. The first-order valence-corrected chi connectivity index (χ1v) is 6.54. The number of nitrogens with zero attached hydrogens (tertiary/aromatic N) is 1. The van der Waals surface area contributed by atoms with Crippen molar-refractivity contribution in [2.24, 2.45) is 0 Å². The molecule has 0 radical (unpaired) electrons. The van der Waals surface area contributed by atoms with Gasteiger partial charge in [-0.05, 0) is 32.0 Å². The van der Waals surface area contributed by atoms with Crippen LogP contribution in [0.1, 0.15) is 17.0 Å². The van der Waals surface area contributed by atoms with Gasteiger partial charge in [0.25, 0.3) is 0 Å². The molecule has 5 heteroatoms. The van der Waals surface area contributed by atoms with E-state index in [1.165, 1.54) is 0 Å². The summed E-state index contributed by atoms with van der Waals surface area (Å²) in [6.07, 6.45) is 0. The summed E-state index contributed by atoms with van der Waals surface area (Å²) in [6, 6.07) is 5.49. The van der Waals surface area contributed by atoms with Crippen molar-refractivity contribution in [1.29, 1.82) is 0 Å². The molecule has 0 atom stereocenters. The fraction of sp³-hybridized carbons (Fsp3) is 0.250. The molecule has 0 saturated heterocycles. The van der Waals surface area contributed by atoms with Crippen LogP contribution in [-0.2, 0) is 5.75 Å². The van der Waals surface area contributed by atoms with Gasteiger partial charge >= 0.3 is 0 Å². The number of halogens is 1. The molecule has 2 aromatic rings. The normalized spacial score (nSPS) is 10.8. The Morgan fingerprint density at radius 3 is 2.82 bits per heavy atom. The van der Waals surface area contributed by atoms with Gasteiger partial charge in [-0.2, -0.15) is 0 Å². The van der Waals surface area contributed by atoms with Crippen molar-refractivity contribution in [2.75, 3.05) is 5.73 Å². The lowest BCUT2D eigenvalue weighted by atomic mass is 10.2. The van der Waals surface area contributed by atoms with Crippen molar-refractivity contribution in [3.05, 3.63) is 40.2 Å². The van der Waals surface area contributed by atoms with Crippen LogP contribution < -0.4 is 5.73 Å². The Hall–Kier alpha value is -1.13. The van der Waals surface area contributed by atoms with Gasteiger partial charge in [0.05, 0.1) is 10.7 Å². The van der Waals surface area contributed by atoms with E-state index in [0.29, 0.717) is 0 Å². The lowest BCUT2D eigenvalue weighted by molar-refractivity contribution is 0.392. The molecular weight excluding hydrogens is 256 g/mol. The van der Waals surface area contributed by atoms with Crippen LogP contribution in [0.15, 0.2) is 27.6 Å². The van der Waals surface area contributed by atoms with Gasteiger partial charge in [-0.25, -0.2) is 0 Å². The molecule has 0 aliphatic rings. The van der Waals surface area contributed by atoms with Gasteiger partial charge in [0.15, 0.2) is 0 Å². The summed E-state index contributed by atoms with van der Waals surface area (Å²) >= 11 is 7.74. The number of hydrogen-bond acceptors (Lipinski definition) is 4. The predicted octanol–water partition coefficient (Wildman–Crippen LogP) is 3.82. The minimum absolute atomic E-state index is 0.718. The lowest BCUT2D eigenvalue weighted by Gasteiger charge is -2.05. The van der Waals surface area contributed by atoms with Gasteiger partial charge in [-0.1, -0.05) is 16.8 Å². The third kappa shape index (κ3) is 2.76. The van der Waals surface area contributed by atoms with Crippen LogP contribution >= 0.6 is 23.4 Å². The van der Waals surface area contributed by atoms with E-state index >= 15 is 0 Å². The third-order valence-corrected chi connectivity index (χ3v) is 4.03. The maximum absolute atomic E-state index is 6.10. The Bertz CT molecular complexity index is 520. The zero-order valence-corrected chi connectivity index (χ0v) is 11.2. The van der Waals surface area contributed by atoms with Crippen molar-refractivity contribution < 1.29 is 4.52 Å². The van der Waals surface area contributed by atoms with Crippen molar-refractivity contribution in [1.82, 2.24) is 5.16 Å². The van der Waals surface area contributed by atoms with Crippen molar-refractivity contribution in [3.63, 3.8) is 0 Å². The summed E-state index contributed by atoms with van der Waals surface area (Å²) < 4.78 is 5.12. The van der Waals surface area contributed by atoms with Gasteiger partial charge in [-0.3, -0.25) is 0 Å². The largest absolute Gasteiger partial charge is 0.399 e. The second kappa shape index (κ2) is 5.02. The molecule has 0 spiro atoms. The molecule has 1 aromatic carbocycles. The quantitative estimate of drug-likeness (QED) is 0.679. The number of nitrogens with two attached hydrogens (primary N) is 1. The first-order chi connectivity index (χ1) is 8.08. The van der Waals surface area contributed by atoms with Crippen LogP contribution in [0.4, 0.5) is 5.69 Å². The third-order valence-electron chi connectivity index (χ3n) is 2.51. The molecule has 0 unspecified atom stereocenters. The van der Waals surface area contributed by atoms with Crippen LogP contribution in [0.5, 0.6) is 0 Å². The van der Waals surface area contributed by atoms with Gasteiger partial charge in [0.1, 0.15) is 5.76 Å². The molecule has 90 valence electrons. The van der Waals surface area contributed by atoms with Crippen LogP contribution in [0.25, 0.3) is 0 Å². The standard InChI is InChI=1S/C12H13ClN2OS/c1-7-10(8(2)16-15-7)6-17-12-5-9(14)3-4-11(12)13/h3-5H,6,14H2,1-2H3. The van der Waals surface area contributed by atoms with Crippen LogP contribution in [0, 0.1) is 13.8 Å². The van der Waals surface area contributed by atoms with E-state index in [0.717, 1.165) is 38.4 Å². The fourth-order valence-corrected chi connectivity index (χ4v) is 2.91. The molecule has 0 bridgehead atoms. The van der Waals surface area contributed by atoms with Crippen LogP contribution in [-0.4, -0.2) is 5.16 Å². The highest BCUT2D eigenvalue weighted by Crippen LogP contribution is 2.32. The van der Waals surface area contributed by atoms with E-state index in [1.54, 1.807) is 17.8 Å². The Labute approximate surface area is 109 Å². The zero-order chi connectivity index (χ0) is 12.4. The average molecular weight is 269 g/mol. The monoisotopic (exact) mass is 268 g/mol. The first kappa shape index (κ1) is 12.3. The van der Waals surface area contributed by atoms with Gasteiger partial charge < -0.3 is 10.3 Å². The summed E-state index contributed by atoms with van der Waals surface area (Å²) in [7, 11) is 0. The molecule has 0 amide bonds. The van der Waals surface area contributed by atoms with Gasteiger partial charge in [-0.15, -0.1) is 11.8 Å². The maximum atomic E-state index is 6.10. The number of thioether (sulfide) groups is 1. The minimum atomic E-state index is 0.718. The number of aromatic nitrogens is 1. The predicted molar refractivity (Wildman–Crippen MR) is 71.4 cm³/mol. The Balaban J connectivity index is 2.15. The highest BCUT2D eigenvalue weighted by Gasteiger charge is 2.10. The number of benzene rings is 1. The van der Waals surface area contributed by atoms with Crippen molar-refractivity contribution >= 4 is 29.1 Å². The van der Waals surface area contributed by atoms with E-state index in [1.807, 2.05) is 26.0 Å². The number of aryl methyl sites for hydroxylation is 2. The topological polar surface area (TPSA) is 52.0 Å². The molecule has 0 saturated carbocycles. The minimum Gasteiger partial charge on any atom is -0.399 e. The number of anilines is 1. The molecule has 1 aromatic heterocycles. The molecular formula is C12H13ClN2OS. The fourth-order valence-electron chi connectivity index (χ4n) is 1.49. The van der Waals surface area contributed by atoms with Crippen molar-refractivity contribution in [3.8, 4) is 0 Å². The summed E-state index contributed by atoms with van der Waals surface area (Å²) in [5.41, 5.74) is 8.50. The summed E-state index contributed by atoms with van der Waals surface area (Å²) in [5.74, 6) is 1.64. The number of rotatable bonds is 3. The van der Waals surface area contributed by atoms with Crippen LogP contribution in [0.2, 0.25) is 5.02 Å². The second-order valence-corrected chi connectivity index (χ2v) is 5.21. The second-order valence-electron chi connectivity index (χ2n) is 3.78. The first-order valence-electron chi connectivity index (χ1n) is 5.17. The van der Waals surface area contributed by atoms with Crippen molar-refractivity contribution in [2.45, 2.75) is 24.5 Å². The van der Waals surface area contributed by atoms with Gasteiger partial charge in [0, 0.05) is 21.9 Å². The van der Waals surface area contributed by atoms with E-state index in [4.69, 9.17) is 21.9 Å². The molecule has 0 aliphatic heterocycles. The smallest absolute Gasteiger partial charge is 0.137 e. The molecule has 3 nitrogen and oxygen atoms in total. The molecule has 2 N–H and O–H groups in total. The molecule has 0 aliphatic carbocycles. The lowest BCUT2D eigenvalue weighted by Crippen LogP contribution is -1.88. The zero-order valence-electron chi connectivity index (χ0n) is 9.66. The Morgan fingerprint density at radius 1 is 1.41 bits per heavy atom. The highest BCUT2D eigenvalue weighted by molar-refractivity contribution is 7.98.